The Morgan fingerprint density at radius 1 is 1.60 bits per heavy atom. The van der Waals surface area contributed by atoms with Gasteiger partial charge < -0.3 is 10.1 Å². The predicted molar refractivity (Wildman–Crippen MR) is 17.7 cm³/mol. The summed E-state index contributed by atoms with van der Waals surface area (Å²) in [6, 6.07) is 0. The molecule has 1 N–H and O–H groups in total. The molecule has 27 valence electrons. The maximum absolute atomic E-state index is 4.53. The zero-order chi connectivity index (χ0) is 3.54. The van der Waals surface area contributed by atoms with Gasteiger partial charge in [0.05, 0.1) is 0 Å². The van der Waals surface area contributed by atoms with Crippen LogP contribution in [-0.2, 0) is 4.74 Å². The molecule has 1 heterocycles. The van der Waals surface area contributed by atoms with Crippen molar-refractivity contribution >= 4 is 0 Å². The highest BCUT2D eigenvalue weighted by Crippen LogP contribution is 1.84. The van der Waals surface area contributed by atoms with E-state index in [0.717, 1.165) is 0 Å². The first kappa shape index (κ1) is 2.57. The standard InChI is InChI=1S/C3H4NO/c1-2-5-3-4-1/h1-4H. The Balaban J connectivity index is 2.32. The van der Waals surface area contributed by atoms with E-state index in [4.69, 9.17) is 0 Å². The fourth-order valence-electron chi connectivity index (χ4n) is 0.196. The number of nitrogens with one attached hydrogen (secondary N) is 1. The lowest BCUT2D eigenvalue weighted by Crippen LogP contribution is -1.90. The Labute approximate surface area is 30.4 Å². The zero-order valence-corrected chi connectivity index (χ0v) is 2.64. The summed E-state index contributed by atoms with van der Waals surface area (Å²) in [4.78, 5) is 0. The SMILES string of the molecule is [CH]1NC=CO1. The summed E-state index contributed by atoms with van der Waals surface area (Å²) in [6.45, 7) is 1.50. The van der Waals surface area contributed by atoms with E-state index in [9.17, 15) is 0 Å². The Hall–Kier alpha value is -0.660. The van der Waals surface area contributed by atoms with Gasteiger partial charge in [0, 0.05) is 6.20 Å². The van der Waals surface area contributed by atoms with Gasteiger partial charge in [0.1, 0.15) is 6.26 Å². The molecule has 1 rings (SSSR count). The number of rotatable bonds is 0. The van der Waals surface area contributed by atoms with E-state index in [-0.39, 0.29) is 0 Å². The average Bonchev–Trinajstić information content (AvgIpc) is 1.76. The van der Waals surface area contributed by atoms with Gasteiger partial charge in [0.25, 0.3) is 0 Å². The second-order valence-corrected chi connectivity index (χ2v) is 0.723. The van der Waals surface area contributed by atoms with Crippen LogP contribution >= 0.6 is 0 Å². The third kappa shape index (κ3) is 0.318. The van der Waals surface area contributed by atoms with Crippen LogP contribution in [0.5, 0.6) is 0 Å². The Bertz CT molecular complexity index is 44.9. The van der Waals surface area contributed by atoms with Crippen LogP contribution in [0.1, 0.15) is 0 Å². The molecule has 0 aromatic heterocycles. The van der Waals surface area contributed by atoms with Gasteiger partial charge in [-0.3, -0.25) is 0 Å². The molecule has 0 saturated heterocycles. The van der Waals surface area contributed by atoms with Crippen LogP contribution in [0.25, 0.3) is 0 Å². The molecule has 5 heavy (non-hydrogen) atoms. The minimum Gasteiger partial charge on any atom is -0.471 e. The summed E-state index contributed by atoms with van der Waals surface area (Å²) in [5, 5.41) is 2.69. The molecule has 0 bridgehead atoms. The molecule has 0 aliphatic carbocycles. The fraction of sp³-hybridized carbons (Fsp3) is 0. The first-order chi connectivity index (χ1) is 2.50. The maximum atomic E-state index is 4.53. The molecule has 0 amide bonds. The Kier molecular flexibility index (Phi) is 0.499. The highest BCUT2D eigenvalue weighted by molar-refractivity contribution is 4.79. The third-order valence-corrected chi connectivity index (χ3v) is 0.379. The first-order valence-electron chi connectivity index (χ1n) is 1.38. The van der Waals surface area contributed by atoms with Gasteiger partial charge >= 0.3 is 0 Å². The molecule has 1 aliphatic rings. The second kappa shape index (κ2) is 0.971. The van der Waals surface area contributed by atoms with Crippen molar-refractivity contribution in [2.45, 2.75) is 0 Å². The molecule has 0 aromatic carbocycles. The van der Waals surface area contributed by atoms with Crippen molar-refractivity contribution in [3.8, 4) is 0 Å². The normalized spacial score (nSPS) is 17.6. The highest BCUT2D eigenvalue weighted by atomic mass is 16.5. The van der Waals surface area contributed by atoms with E-state index in [1.165, 1.54) is 6.73 Å². The van der Waals surface area contributed by atoms with Crippen LogP contribution in [0.15, 0.2) is 12.5 Å². The van der Waals surface area contributed by atoms with Crippen LogP contribution in [-0.4, -0.2) is 0 Å². The van der Waals surface area contributed by atoms with Crippen LogP contribution in [0.4, 0.5) is 0 Å². The van der Waals surface area contributed by atoms with Crippen molar-refractivity contribution in [1.82, 2.24) is 5.32 Å². The fourth-order valence-corrected chi connectivity index (χ4v) is 0.196. The predicted octanol–water partition coefficient (Wildman–Crippen LogP) is 0.197. The first-order valence-corrected chi connectivity index (χ1v) is 1.38. The second-order valence-electron chi connectivity index (χ2n) is 0.723. The van der Waals surface area contributed by atoms with Crippen molar-refractivity contribution < 1.29 is 4.74 Å². The van der Waals surface area contributed by atoms with Gasteiger partial charge in [0.2, 0.25) is 6.73 Å². The lowest BCUT2D eigenvalue weighted by molar-refractivity contribution is 0.345. The minimum absolute atomic E-state index is 1.50. The number of hydrogen-bond donors (Lipinski definition) is 1. The van der Waals surface area contributed by atoms with Crippen LogP contribution < -0.4 is 5.32 Å². The summed E-state index contributed by atoms with van der Waals surface area (Å²) >= 11 is 0. The van der Waals surface area contributed by atoms with Crippen LogP contribution in [0.3, 0.4) is 0 Å². The monoisotopic (exact) mass is 70.0 g/mol. The topological polar surface area (TPSA) is 21.3 Å². The molecule has 0 fully saturated rings. The van der Waals surface area contributed by atoms with Gasteiger partial charge in [-0.05, 0) is 0 Å². The van der Waals surface area contributed by atoms with E-state index in [2.05, 4.69) is 10.1 Å². The Morgan fingerprint density at radius 2 is 2.60 bits per heavy atom. The van der Waals surface area contributed by atoms with Crippen molar-refractivity contribution in [2.24, 2.45) is 0 Å². The van der Waals surface area contributed by atoms with Crippen LogP contribution in [0.2, 0.25) is 0 Å². The molecular weight excluding hydrogens is 66.0 g/mol. The molecule has 0 unspecified atom stereocenters. The smallest absolute Gasteiger partial charge is 0.225 e. The van der Waals surface area contributed by atoms with E-state index in [0.29, 0.717) is 0 Å². The van der Waals surface area contributed by atoms with Gasteiger partial charge in [0.15, 0.2) is 0 Å². The summed E-state index contributed by atoms with van der Waals surface area (Å²) < 4.78 is 4.53. The van der Waals surface area contributed by atoms with E-state index >= 15 is 0 Å². The summed E-state index contributed by atoms with van der Waals surface area (Å²) in [6.07, 6.45) is 3.28. The van der Waals surface area contributed by atoms with Gasteiger partial charge in [-0.25, -0.2) is 0 Å². The van der Waals surface area contributed by atoms with Crippen molar-refractivity contribution in [1.29, 1.82) is 0 Å². The van der Waals surface area contributed by atoms with E-state index in [1.807, 2.05) is 0 Å². The molecule has 2 heteroatoms. The molecule has 0 saturated carbocycles. The van der Waals surface area contributed by atoms with Crippen molar-refractivity contribution in [3.63, 3.8) is 0 Å². The Morgan fingerprint density at radius 3 is 2.80 bits per heavy atom. The highest BCUT2D eigenvalue weighted by Gasteiger charge is 1.82. The summed E-state index contributed by atoms with van der Waals surface area (Å²) in [5.74, 6) is 0. The lowest BCUT2D eigenvalue weighted by Gasteiger charge is -1.79. The van der Waals surface area contributed by atoms with Gasteiger partial charge in [-0.15, -0.1) is 0 Å². The minimum atomic E-state index is 1.50. The molecular formula is C3H4NO. The molecule has 0 spiro atoms. The summed E-state index contributed by atoms with van der Waals surface area (Å²) in [7, 11) is 0. The lowest BCUT2D eigenvalue weighted by atomic mass is 11.0. The van der Waals surface area contributed by atoms with Crippen molar-refractivity contribution in [2.75, 3.05) is 0 Å². The number of hydrogen-bond acceptors (Lipinski definition) is 2. The molecule has 0 atom stereocenters. The zero-order valence-electron chi connectivity index (χ0n) is 2.64. The summed E-state index contributed by atoms with van der Waals surface area (Å²) in [5.41, 5.74) is 0. The maximum Gasteiger partial charge on any atom is 0.225 e. The molecule has 0 aromatic rings. The third-order valence-electron chi connectivity index (χ3n) is 0.379. The van der Waals surface area contributed by atoms with Gasteiger partial charge in [-0.1, -0.05) is 0 Å². The van der Waals surface area contributed by atoms with Gasteiger partial charge in [-0.2, -0.15) is 0 Å². The van der Waals surface area contributed by atoms with E-state index < -0.39 is 0 Å². The molecule has 1 aliphatic heterocycles. The molecule has 1 radical (unpaired) electrons. The van der Waals surface area contributed by atoms with Crippen molar-refractivity contribution in [3.05, 3.63) is 19.2 Å². The van der Waals surface area contributed by atoms with Crippen LogP contribution in [0, 0.1) is 6.73 Å². The average molecular weight is 70.1 g/mol. The molecule has 2 nitrogen and oxygen atoms in total. The quantitative estimate of drug-likeness (QED) is 0.439. The number of ether oxygens (including phenoxy) is 1. The largest absolute Gasteiger partial charge is 0.471 e. The van der Waals surface area contributed by atoms with E-state index in [1.54, 1.807) is 12.5 Å².